The molecule has 1 saturated heterocycles. The third-order valence-corrected chi connectivity index (χ3v) is 5.24. The summed E-state index contributed by atoms with van der Waals surface area (Å²) in [5.74, 6) is -1.63. The number of benzene rings is 1. The van der Waals surface area contributed by atoms with E-state index in [4.69, 9.17) is 0 Å². The van der Waals surface area contributed by atoms with Gasteiger partial charge in [0.25, 0.3) is 17.7 Å². The zero-order valence-corrected chi connectivity index (χ0v) is 13.2. The molecule has 1 aromatic rings. The minimum atomic E-state index is -0.994. The molecule has 1 aromatic carbocycles. The minimum absolute atomic E-state index is 0.0843. The highest BCUT2D eigenvalue weighted by Gasteiger charge is 2.51. The molecule has 4 amide bonds. The van der Waals surface area contributed by atoms with E-state index >= 15 is 0 Å². The van der Waals surface area contributed by atoms with Crippen molar-refractivity contribution in [2.45, 2.75) is 50.6 Å². The summed E-state index contributed by atoms with van der Waals surface area (Å²) in [5, 5.41) is 0. The van der Waals surface area contributed by atoms with Gasteiger partial charge in [0.2, 0.25) is 5.91 Å². The lowest BCUT2D eigenvalue weighted by Gasteiger charge is -2.30. The van der Waals surface area contributed by atoms with E-state index in [0.717, 1.165) is 37.0 Å². The molecule has 6 nitrogen and oxygen atoms in total. The Balaban J connectivity index is 1.62. The van der Waals surface area contributed by atoms with E-state index in [0.29, 0.717) is 11.1 Å². The van der Waals surface area contributed by atoms with Crippen LogP contribution >= 0.6 is 0 Å². The van der Waals surface area contributed by atoms with E-state index in [9.17, 15) is 19.2 Å². The fraction of sp³-hybridized carbons (Fsp3) is 0.444. The van der Waals surface area contributed by atoms with E-state index in [1.165, 1.54) is 4.90 Å². The van der Waals surface area contributed by atoms with Gasteiger partial charge in [-0.25, -0.2) is 0 Å². The first-order valence-corrected chi connectivity index (χ1v) is 8.42. The maximum atomic E-state index is 12.8. The number of nitrogens with zero attached hydrogens (tertiary/aromatic N) is 2. The first kappa shape index (κ1) is 15.1. The van der Waals surface area contributed by atoms with Gasteiger partial charge in [-0.1, -0.05) is 31.4 Å². The number of hydrogen-bond acceptors (Lipinski definition) is 4. The second-order valence-corrected chi connectivity index (χ2v) is 6.64. The van der Waals surface area contributed by atoms with Crippen LogP contribution in [0, 0.1) is 0 Å². The Morgan fingerprint density at radius 1 is 0.792 bits per heavy atom. The zero-order chi connectivity index (χ0) is 16.8. The fourth-order valence-corrected chi connectivity index (χ4v) is 4.05. The van der Waals surface area contributed by atoms with Crippen LogP contribution in [0.2, 0.25) is 0 Å². The van der Waals surface area contributed by atoms with Crippen LogP contribution in [0.4, 0.5) is 0 Å². The van der Waals surface area contributed by atoms with E-state index in [2.05, 4.69) is 0 Å². The van der Waals surface area contributed by atoms with Crippen LogP contribution in [0.5, 0.6) is 0 Å². The van der Waals surface area contributed by atoms with Crippen molar-refractivity contribution >= 4 is 23.6 Å². The molecule has 124 valence electrons. The number of carbonyl (C=O) groups is 4. The smallest absolute Gasteiger partial charge is 0.262 e. The topological polar surface area (TPSA) is 74.8 Å². The van der Waals surface area contributed by atoms with Crippen molar-refractivity contribution in [2.75, 3.05) is 0 Å². The van der Waals surface area contributed by atoms with Crippen LogP contribution in [-0.2, 0) is 9.59 Å². The molecule has 1 unspecified atom stereocenters. The molecule has 4 rings (SSSR count). The number of rotatable bonds is 2. The van der Waals surface area contributed by atoms with E-state index < -0.39 is 23.8 Å². The quantitative estimate of drug-likeness (QED) is 0.776. The van der Waals surface area contributed by atoms with Gasteiger partial charge in [-0.3, -0.25) is 29.0 Å². The first-order chi connectivity index (χ1) is 11.6. The average molecular weight is 326 g/mol. The Bertz CT molecular complexity index is 716. The Hall–Kier alpha value is -2.50. The van der Waals surface area contributed by atoms with Gasteiger partial charge in [-0.05, 0) is 25.0 Å². The summed E-state index contributed by atoms with van der Waals surface area (Å²) in [7, 11) is 0. The van der Waals surface area contributed by atoms with Crippen LogP contribution in [-0.4, -0.2) is 45.5 Å². The standard InChI is InChI=1S/C18H18N2O4/c21-15-10-14(18(24)19(15)11-6-2-1-3-7-11)20-16(22)12-8-4-5-9-13(12)17(20)23/h4-5,8-9,11,14H,1-3,6-7,10H2. The van der Waals surface area contributed by atoms with Crippen molar-refractivity contribution in [2.24, 2.45) is 0 Å². The maximum absolute atomic E-state index is 12.8. The van der Waals surface area contributed by atoms with Gasteiger partial charge in [0.05, 0.1) is 17.5 Å². The van der Waals surface area contributed by atoms with Gasteiger partial charge >= 0.3 is 0 Å². The number of imide groups is 2. The third-order valence-electron chi connectivity index (χ3n) is 5.24. The zero-order valence-electron chi connectivity index (χ0n) is 13.2. The molecule has 2 aliphatic heterocycles. The van der Waals surface area contributed by atoms with Crippen LogP contribution in [0.1, 0.15) is 59.2 Å². The second kappa shape index (κ2) is 5.54. The summed E-state index contributed by atoms with van der Waals surface area (Å²) in [5.41, 5.74) is 0.609. The monoisotopic (exact) mass is 326 g/mol. The summed E-state index contributed by atoms with van der Waals surface area (Å²) < 4.78 is 0. The molecule has 1 atom stereocenters. The number of amides is 4. The number of fused-ring (bicyclic) bond motifs is 1. The Morgan fingerprint density at radius 2 is 1.38 bits per heavy atom. The molecule has 0 spiro atoms. The SMILES string of the molecule is O=C1CC(N2C(=O)c3ccccc3C2=O)C(=O)N1C1CCCCC1. The number of carbonyl (C=O) groups excluding carboxylic acids is 4. The normalized spacial score (nSPS) is 24.9. The first-order valence-electron chi connectivity index (χ1n) is 8.42. The lowest BCUT2D eigenvalue weighted by atomic mass is 9.94. The molecular weight excluding hydrogens is 308 g/mol. The molecule has 0 radical (unpaired) electrons. The molecule has 0 N–H and O–H groups in total. The van der Waals surface area contributed by atoms with Crippen LogP contribution in [0.3, 0.4) is 0 Å². The summed E-state index contributed by atoms with van der Waals surface area (Å²) in [6.45, 7) is 0. The van der Waals surface area contributed by atoms with Crippen molar-refractivity contribution in [3.63, 3.8) is 0 Å². The largest absolute Gasteiger partial charge is 0.278 e. The summed E-state index contributed by atoms with van der Waals surface area (Å²) >= 11 is 0. The summed E-state index contributed by atoms with van der Waals surface area (Å²) in [6.07, 6.45) is 4.65. The third kappa shape index (κ3) is 2.09. The molecule has 3 aliphatic rings. The van der Waals surface area contributed by atoms with Crippen molar-refractivity contribution in [1.82, 2.24) is 9.80 Å². The lowest BCUT2D eigenvalue weighted by Crippen LogP contribution is -2.48. The molecule has 6 heteroatoms. The van der Waals surface area contributed by atoms with Crippen LogP contribution < -0.4 is 0 Å². The van der Waals surface area contributed by atoms with Crippen molar-refractivity contribution in [3.8, 4) is 0 Å². The molecule has 1 aliphatic carbocycles. The fourth-order valence-electron chi connectivity index (χ4n) is 4.05. The Labute approximate surface area is 139 Å². The van der Waals surface area contributed by atoms with Crippen LogP contribution in [0.15, 0.2) is 24.3 Å². The Kier molecular flexibility index (Phi) is 3.48. The molecule has 24 heavy (non-hydrogen) atoms. The highest BCUT2D eigenvalue weighted by Crippen LogP contribution is 2.32. The van der Waals surface area contributed by atoms with Crippen molar-refractivity contribution in [3.05, 3.63) is 35.4 Å². The van der Waals surface area contributed by atoms with Gasteiger partial charge in [0.1, 0.15) is 6.04 Å². The van der Waals surface area contributed by atoms with Crippen LogP contribution in [0.25, 0.3) is 0 Å². The van der Waals surface area contributed by atoms with Gasteiger partial charge in [0.15, 0.2) is 0 Å². The van der Waals surface area contributed by atoms with Crippen molar-refractivity contribution in [1.29, 1.82) is 0 Å². The molecule has 2 fully saturated rings. The lowest BCUT2D eigenvalue weighted by molar-refractivity contribution is -0.142. The predicted octanol–water partition coefficient (Wildman–Crippen LogP) is 1.74. The summed E-state index contributed by atoms with van der Waals surface area (Å²) in [6, 6.07) is 5.45. The van der Waals surface area contributed by atoms with Crippen molar-refractivity contribution < 1.29 is 19.2 Å². The van der Waals surface area contributed by atoms with Gasteiger partial charge < -0.3 is 0 Å². The van der Waals surface area contributed by atoms with Gasteiger partial charge in [0, 0.05) is 6.04 Å². The maximum Gasteiger partial charge on any atom is 0.262 e. The molecule has 1 saturated carbocycles. The highest BCUT2D eigenvalue weighted by atomic mass is 16.2. The highest BCUT2D eigenvalue weighted by molar-refractivity contribution is 6.24. The van der Waals surface area contributed by atoms with E-state index in [1.807, 2.05) is 0 Å². The molecular formula is C18H18N2O4. The second-order valence-electron chi connectivity index (χ2n) is 6.64. The van der Waals surface area contributed by atoms with E-state index in [-0.39, 0.29) is 18.4 Å². The average Bonchev–Trinajstić information content (AvgIpc) is 3.03. The summed E-state index contributed by atoms with van der Waals surface area (Å²) in [4.78, 5) is 52.6. The molecule has 0 aromatic heterocycles. The number of hydrogen-bond donors (Lipinski definition) is 0. The predicted molar refractivity (Wildman–Crippen MR) is 84.1 cm³/mol. The molecule has 0 bridgehead atoms. The number of likely N-dealkylation sites (tertiary alicyclic amines) is 1. The Morgan fingerprint density at radius 3 is 1.96 bits per heavy atom. The minimum Gasteiger partial charge on any atom is -0.278 e. The van der Waals surface area contributed by atoms with Gasteiger partial charge in [-0.2, -0.15) is 0 Å². The van der Waals surface area contributed by atoms with Gasteiger partial charge in [-0.15, -0.1) is 0 Å². The van der Waals surface area contributed by atoms with E-state index in [1.54, 1.807) is 24.3 Å². The molecule has 2 heterocycles.